The number of pyridine rings is 3. The molecule has 2 fully saturated rings. The zero-order valence-corrected chi connectivity index (χ0v) is 28.7. The van der Waals surface area contributed by atoms with Crippen LogP contribution in [0.2, 0.25) is 5.02 Å². The first-order valence-electron chi connectivity index (χ1n) is 16.3. The lowest BCUT2D eigenvalue weighted by atomic mass is 9.95. The van der Waals surface area contributed by atoms with E-state index in [0.29, 0.717) is 35.5 Å². The summed E-state index contributed by atoms with van der Waals surface area (Å²) in [5.74, 6) is -1.75. The van der Waals surface area contributed by atoms with Gasteiger partial charge in [-0.05, 0) is 62.7 Å². The van der Waals surface area contributed by atoms with Crippen LogP contribution < -0.4 is 15.4 Å². The van der Waals surface area contributed by atoms with Gasteiger partial charge in [0, 0.05) is 37.3 Å². The average Bonchev–Trinajstić information content (AvgIpc) is 3.04. The number of phenols is 1. The number of hydrogen-bond donors (Lipinski definition) is 1. The molecule has 0 spiro atoms. The zero-order chi connectivity index (χ0) is 35.0. The number of halogens is 2. The molecule has 2 amide bonds. The maximum atomic E-state index is 15.3. The van der Waals surface area contributed by atoms with Crippen molar-refractivity contribution in [2.75, 3.05) is 43.0 Å². The van der Waals surface area contributed by atoms with Crippen LogP contribution in [0.5, 0.6) is 5.75 Å². The normalized spacial score (nSPS) is 19.7. The highest BCUT2D eigenvalue weighted by molar-refractivity contribution is 6.34. The number of anilines is 2. The lowest BCUT2D eigenvalue weighted by molar-refractivity contribution is -0.131. The molecule has 13 heteroatoms. The third-order valence-corrected chi connectivity index (χ3v) is 10.2. The van der Waals surface area contributed by atoms with Gasteiger partial charge >= 0.3 is 0 Å². The fraction of sp³-hybridized carbons (Fsp3) is 0.361. The summed E-state index contributed by atoms with van der Waals surface area (Å²) >= 11 is 6.94. The maximum Gasteiger partial charge on any atom is 0.283 e. The largest absolute Gasteiger partial charge is 0.507 e. The lowest BCUT2D eigenvalue weighted by Gasteiger charge is -2.53. The highest BCUT2D eigenvalue weighted by atomic mass is 35.5. The molecule has 0 radical (unpaired) electrons. The number of amides is 2. The Morgan fingerprint density at radius 3 is 2.51 bits per heavy atom. The first-order chi connectivity index (χ1) is 23.3. The molecule has 3 aliphatic rings. The SMILES string of the molecule is C=CC(=O)N1CC2C(=O)N(C3CN(C)C3)c3c(c4cc(Cl)c(-c5c(O)cccc5F)nc4n(-c4c(C)ccnc4C(C)C)c3=O)N2CC1C. The minimum atomic E-state index is -0.794. The summed E-state index contributed by atoms with van der Waals surface area (Å²) in [4.78, 5) is 59.6. The van der Waals surface area contributed by atoms with E-state index in [0.717, 1.165) is 5.56 Å². The molecular weight excluding hydrogens is 649 g/mol. The van der Waals surface area contributed by atoms with Crippen LogP contribution in [0.4, 0.5) is 15.8 Å². The van der Waals surface area contributed by atoms with Gasteiger partial charge in [0.1, 0.15) is 23.3 Å². The van der Waals surface area contributed by atoms with Gasteiger partial charge in [-0.2, -0.15) is 0 Å². The van der Waals surface area contributed by atoms with E-state index in [1.54, 1.807) is 28.1 Å². The number of likely N-dealkylation sites (N-methyl/N-ethyl adjacent to an activating group) is 1. The number of fused-ring (bicyclic) bond motifs is 5. The minimum Gasteiger partial charge on any atom is -0.507 e. The molecule has 4 aromatic rings. The molecule has 3 aromatic heterocycles. The van der Waals surface area contributed by atoms with Crippen LogP contribution in [0.15, 0.2) is 54.0 Å². The number of rotatable bonds is 5. The summed E-state index contributed by atoms with van der Waals surface area (Å²) in [6.07, 6.45) is 2.93. The minimum absolute atomic E-state index is 0.0406. The molecule has 0 bridgehead atoms. The molecule has 49 heavy (non-hydrogen) atoms. The van der Waals surface area contributed by atoms with Crippen molar-refractivity contribution in [1.82, 2.24) is 24.3 Å². The fourth-order valence-electron chi connectivity index (χ4n) is 7.50. The monoisotopic (exact) mass is 685 g/mol. The second-order valence-electron chi connectivity index (χ2n) is 13.5. The standard InChI is InChI=1S/C36H37ClFN7O4/c1-7-27(47)42-17-25-35(48)44(21-15-41(6)16-21)33-32(43(25)14-20(42)5)22-13-23(37)30(28-24(38)9-8-10-26(28)46)40-34(22)45(36(33)49)31-19(4)11-12-39-29(31)18(2)3/h7-13,18,20-21,25,46H,1,14-17H2,2-6H3. The van der Waals surface area contributed by atoms with Gasteiger partial charge in [0.15, 0.2) is 5.65 Å². The van der Waals surface area contributed by atoms with E-state index in [4.69, 9.17) is 16.6 Å². The van der Waals surface area contributed by atoms with E-state index >= 15 is 9.18 Å². The van der Waals surface area contributed by atoms with Gasteiger partial charge < -0.3 is 19.8 Å². The van der Waals surface area contributed by atoms with E-state index in [-0.39, 0.29) is 76.3 Å². The number of carbonyl (C=O) groups excluding carboxylic acids is 2. The molecular formula is C36H37ClFN7O4. The Hall–Kier alpha value is -4.81. The van der Waals surface area contributed by atoms with Crippen LogP contribution in [0.1, 0.15) is 37.9 Å². The van der Waals surface area contributed by atoms with Crippen molar-refractivity contribution < 1.29 is 19.1 Å². The molecule has 2 saturated heterocycles. The maximum absolute atomic E-state index is 15.3. The Labute approximate surface area is 287 Å². The molecule has 2 atom stereocenters. The Morgan fingerprint density at radius 2 is 1.86 bits per heavy atom. The van der Waals surface area contributed by atoms with Gasteiger partial charge in [-0.25, -0.2) is 9.37 Å². The summed E-state index contributed by atoms with van der Waals surface area (Å²) < 4.78 is 16.8. The van der Waals surface area contributed by atoms with Crippen molar-refractivity contribution >= 4 is 45.8 Å². The van der Waals surface area contributed by atoms with Crippen LogP contribution in [0.3, 0.4) is 0 Å². The molecule has 1 N–H and O–H groups in total. The van der Waals surface area contributed by atoms with Gasteiger partial charge in [0.2, 0.25) is 5.91 Å². The highest BCUT2D eigenvalue weighted by Gasteiger charge is 2.50. The number of hydrogen-bond acceptors (Lipinski definition) is 8. The van der Waals surface area contributed by atoms with Gasteiger partial charge in [0.05, 0.1) is 45.9 Å². The number of aromatic nitrogens is 3. The predicted octanol–water partition coefficient (Wildman–Crippen LogP) is 4.63. The van der Waals surface area contributed by atoms with Crippen molar-refractivity contribution in [3.05, 3.63) is 81.6 Å². The number of nitrogens with zero attached hydrogens (tertiary/aromatic N) is 7. The van der Waals surface area contributed by atoms with Gasteiger partial charge in [-0.3, -0.25) is 28.8 Å². The average molecular weight is 686 g/mol. The summed E-state index contributed by atoms with van der Waals surface area (Å²) in [7, 11) is 1.95. The Bertz CT molecular complexity index is 2110. The fourth-order valence-corrected chi connectivity index (χ4v) is 7.74. The number of aromatic hydroxyl groups is 1. The number of aryl methyl sites for hydroxylation is 1. The summed E-state index contributed by atoms with van der Waals surface area (Å²) in [6, 6.07) is 5.94. The Balaban J connectivity index is 1.63. The van der Waals surface area contributed by atoms with Gasteiger partial charge in [-0.15, -0.1) is 0 Å². The van der Waals surface area contributed by atoms with E-state index in [1.807, 2.05) is 39.6 Å². The van der Waals surface area contributed by atoms with Crippen molar-refractivity contribution in [1.29, 1.82) is 0 Å². The van der Waals surface area contributed by atoms with E-state index < -0.39 is 17.4 Å². The predicted molar refractivity (Wildman–Crippen MR) is 187 cm³/mol. The van der Waals surface area contributed by atoms with Crippen LogP contribution >= 0.6 is 11.6 Å². The first-order valence-corrected chi connectivity index (χ1v) is 16.7. The molecule has 11 nitrogen and oxygen atoms in total. The van der Waals surface area contributed by atoms with Crippen LogP contribution in [0, 0.1) is 12.7 Å². The van der Waals surface area contributed by atoms with Crippen molar-refractivity contribution in [3.8, 4) is 22.7 Å². The number of piperazine rings is 1. The van der Waals surface area contributed by atoms with Crippen LogP contribution in [-0.4, -0.2) is 92.6 Å². The quantitative estimate of drug-likeness (QED) is 0.303. The molecule has 0 saturated carbocycles. The molecule has 6 heterocycles. The topological polar surface area (TPSA) is 115 Å². The number of benzene rings is 1. The second-order valence-corrected chi connectivity index (χ2v) is 13.9. The Morgan fingerprint density at radius 1 is 1.12 bits per heavy atom. The van der Waals surface area contributed by atoms with Crippen molar-refractivity contribution in [2.24, 2.45) is 0 Å². The molecule has 2 unspecified atom stereocenters. The van der Waals surface area contributed by atoms with E-state index in [1.165, 1.54) is 28.8 Å². The lowest BCUT2D eigenvalue weighted by Crippen LogP contribution is -2.71. The molecule has 1 aromatic carbocycles. The number of likely N-dealkylation sites (tertiary alicyclic amines) is 1. The molecule has 3 aliphatic heterocycles. The molecule has 7 rings (SSSR count). The zero-order valence-electron chi connectivity index (χ0n) is 27.9. The van der Waals surface area contributed by atoms with Gasteiger partial charge in [-0.1, -0.05) is 38.1 Å². The number of phenolic OH excluding ortho intramolecular Hbond substituents is 1. The summed E-state index contributed by atoms with van der Waals surface area (Å²) in [6.45, 7) is 12.8. The molecule has 0 aliphatic carbocycles. The second kappa shape index (κ2) is 12.0. The third kappa shape index (κ3) is 4.99. The van der Waals surface area contributed by atoms with Crippen LogP contribution in [0.25, 0.3) is 28.0 Å². The number of carbonyl (C=O) groups is 2. The molecule has 254 valence electrons. The summed E-state index contributed by atoms with van der Waals surface area (Å²) in [5.41, 5.74) is 1.99. The first kappa shape index (κ1) is 32.7. The van der Waals surface area contributed by atoms with E-state index in [2.05, 4.69) is 16.5 Å². The van der Waals surface area contributed by atoms with E-state index in [9.17, 15) is 14.7 Å². The van der Waals surface area contributed by atoms with Crippen molar-refractivity contribution in [2.45, 2.75) is 51.7 Å². The smallest absolute Gasteiger partial charge is 0.283 e. The summed E-state index contributed by atoms with van der Waals surface area (Å²) in [5, 5.41) is 11.3. The highest BCUT2D eigenvalue weighted by Crippen LogP contribution is 2.46. The Kier molecular flexibility index (Phi) is 7.98. The third-order valence-electron chi connectivity index (χ3n) is 9.86. The van der Waals surface area contributed by atoms with Crippen molar-refractivity contribution in [3.63, 3.8) is 0 Å². The van der Waals surface area contributed by atoms with Gasteiger partial charge in [0.25, 0.3) is 11.5 Å². The van der Waals surface area contributed by atoms with Crippen LogP contribution in [-0.2, 0) is 9.59 Å².